The second-order valence-electron chi connectivity index (χ2n) is 6.19. The number of nitrogens with two attached hydrogens (primary N) is 1. The molecule has 1 aliphatic heterocycles. The minimum absolute atomic E-state index is 0.000903. The molecule has 1 aromatic heterocycles. The monoisotopic (exact) mass is 279 g/mol. The second-order valence-corrected chi connectivity index (χ2v) is 7.89. The molecule has 1 amide bonds. The Morgan fingerprint density at radius 2 is 2.21 bits per heavy atom. The van der Waals surface area contributed by atoms with Crippen molar-refractivity contribution in [1.82, 2.24) is 9.88 Å². The highest BCUT2D eigenvalue weighted by atomic mass is 32.2. The van der Waals surface area contributed by atoms with Crippen molar-refractivity contribution in [2.75, 3.05) is 6.54 Å². The molecule has 2 heterocycles. The molecule has 0 radical (unpaired) electrons. The van der Waals surface area contributed by atoms with Gasteiger partial charge < -0.3 is 10.6 Å². The van der Waals surface area contributed by atoms with E-state index < -0.39 is 10.3 Å². The van der Waals surface area contributed by atoms with Crippen LogP contribution in [0.2, 0.25) is 0 Å². The molecule has 2 N–H and O–H groups in total. The topological polar surface area (TPSA) is 59.2 Å². The average Bonchev–Trinajstić information content (AvgIpc) is 2.52. The summed E-state index contributed by atoms with van der Waals surface area (Å²) in [5, 5.41) is -0.000903. The van der Waals surface area contributed by atoms with Gasteiger partial charge in [0.15, 0.2) is 0 Å². The largest absolute Gasteiger partial charge is 0.324 e. The van der Waals surface area contributed by atoms with E-state index in [0.29, 0.717) is 6.54 Å². The lowest BCUT2D eigenvalue weighted by Gasteiger charge is -2.30. The summed E-state index contributed by atoms with van der Waals surface area (Å²) in [5.74, 6) is 0.143. The van der Waals surface area contributed by atoms with Crippen LogP contribution in [0.4, 0.5) is 0 Å². The van der Waals surface area contributed by atoms with E-state index in [9.17, 15) is 4.79 Å². The third kappa shape index (κ3) is 3.09. The number of carbonyl (C=O) groups is 1. The molecular formula is C14H21N3OS. The Balaban J connectivity index is 2.33. The van der Waals surface area contributed by atoms with Crippen LogP contribution in [0.25, 0.3) is 0 Å². The van der Waals surface area contributed by atoms with Gasteiger partial charge in [-0.1, -0.05) is 6.07 Å². The molecule has 1 aliphatic rings. The van der Waals surface area contributed by atoms with Gasteiger partial charge in [0.2, 0.25) is 5.91 Å². The van der Waals surface area contributed by atoms with Gasteiger partial charge in [-0.2, -0.15) is 0 Å². The third-order valence-corrected chi connectivity index (χ3v) is 4.53. The van der Waals surface area contributed by atoms with Crippen molar-refractivity contribution < 1.29 is 4.79 Å². The lowest BCUT2D eigenvalue weighted by molar-refractivity contribution is -0.132. The summed E-state index contributed by atoms with van der Waals surface area (Å²) >= 11 is 1.66. The molecule has 104 valence electrons. The van der Waals surface area contributed by atoms with Gasteiger partial charge in [-0.05, 0) is 33.8 Å². The van der Waals surface area contributed by atoms with Gasteiger partial charge in [-0.3, -0.25) is 9.78 Å². The van der Waals surface area contributed by atoms with Crippen LogP contribution < -0.4 is 5.73 Å². The van der Waals surface area contributed by atoms with E-state index in [1.165, 1.54) is 0 Å². The van der Waals surface area contributed by atoms with E-state index in [0.717, 1.165) is 5.56 Å². The Labute approximate surface area is 118 Å². The van der Waals surface area contributed by atoms with Crippen LogP contribution in [0.5, 0.6) is 0 Å². The molecule has 1 fully saturated rings. The summed E-state index contributed by atoms with van der Waals surface area (Å²) in [7, 11) is 0. The van der Waals surface area contributed by atoms with Gasteiger partial charge in [0, 0.05) is 30.0 Å². The number of carbonyl (C=O) groups excluding carboxylic acids is 1. The maximum Gasteiger partial charge on any atom is 0.239 e. The van der Waals surface area contributed by atoms with Crippen LogP contribution in [0.3, 0.4) is 0 Å². The number of pyridine rings is 1. The van der Waals surface area contributed by atoms with Crippen molar-refractivity contribution in [2.45, 2.75) is 43.4 Å². The summed E-state index contributed by atoms with van der Waals surface area (Å²) in [6.07, 6.45) is 3.57. The van der Waals surface area contributed by atoms with Crippen molar-refractivity contribution in [3.8, 4) is 0 Å². The van der Waals surface area contributed by atoms with E-state index in [4.69, 9.17) is 5.73 Å². The molecule has 1 atom stereocenters. The smallest absolute Gasteiger partial charge is 0.239 e. The molecule has 5 heteroatoms. The second kappa shape index (κ2) is 4.80. The molecule has 19 heavy (non-hydrogen) atoms. The molecule has 1 unspecified atom stereocenters. The van der Waals surface area contributed by atoms with Crippen molar-refractivity contribution >= 4 is 17.7 Å². The van der Waals surface area contributed by atoms with Crippen molar-refractivity contribution in [3.63, 3.8) is 0 Å². The number of nitrogens with zero attached hydrogens (tertiary/aromatic N) is 2. The van der Waals surface area contributed by atoms with Crippen LogP contribution in [-0.4, -0.2) is 32.6 Å². The predicted molar refractivity (Wildman–Crippen MR) is 78.6 cm³/mol. The summed E-state index contributed by atoms with van der Waals surface area (Å²) in [6, 6.07) is 3.91. The Kier molecular flexibility index (Phi) is 3.62. The molecule has 0 aliphatic carbocycles. The number of hydrogen-bond acceptors (Lipinski definition) is 4. The fourth-order valence-electron chi connectivity index (χ4n) is 2.21. The Morgan fingerprint density at radius 3 is 2.74 bits per heavy atom. The Morgan fingerprint density at radius 1 is 1.53 bits per heavy atom. The van der Waals surface area contributed by atoms with E-state index in [2.05, 4.69) is 4.98 Å². The maximum absolute atomic E-state index is 12.5. The van der Waals surface area contributed by atoms with Crippen molar-refractivity contribution in [2.24, 2.45) is 5.73 Å². The number of aromatic nitrogens is 1. The van der Waals surface area contributed by atoms with E-state index >= 15 is 0 Å². The summed E-state index contributed by atoms with van der Waals surface area (Å²) in [6.45, 7) is 8.36. The van der Waals surface area contributed by atoms with Gasteiger partial charge in [0.1, 0.15) is 5.37 Å². The molecule has 0 aromatic carbocycles. The number of thioether (sulfide) groups is 1. The molecule has 0 spiro atoms. The van der Waals surface area contributed by atoms with Gasteiger partial charge in [-0.25, -0.2) is 0 Å². The normalized spacial score (nSPS) is 22.9. The highest BCUT2D eigenvalue weighted by Crippen LogP contribution is 2.49. The minimum Gasteiger partial charge on any atom is -0.324 e. The van der Waals surface area contributed by atoms with Crippen molar-refractivity contribution in [1.29, 1.82) is 0 Å². The number of hydrogen-bond donors (Lipinski definition) is 1. The molecule has 0 saturated carbocycles. The number of rotatable bonds is 3. The number of amides is 1. The first-order valence-corrected chi connectivity index (χ1v) is 7.26. The lowest BCUT2D eigenvalue weighted by atomic mass is 10.0. The molecule has 2 rings (SSSR count). The summed E-state index contributed by atoms with van der Waals surface area (Å²) in [4.78, 5) is 18.5. The first-order valence-electron chi connectivity index (χ1n) is 6.38. The molecule has 0 bridgehead atoms. The van der Waals surface area contributed by atoms with Gasteiger partial charge in [0.25, 0.3) is 0 Å². The zero-order chi connectivity index (χ0) is 14.3. The quantitative estimate of drug-likeness (QED) is 0.921. The fraction of sp³-hybridized carbons (Fsp3) is 0.571. The fourth-order valence-corrected chi connectivity index (χ4v) is 3.56. The van der Waals surface area contributed by atoms with Crippen LogP contribution in [0.1, 0.15) is 38.6 Å². The zero-order valence-corrected chi connectivity index (χ0v) is 12.7. The first kappa shape index (κ1) is 14.3. The predicted octanol–water partition coefficient (Wildman–Crippen LogP) is 2.17. The summed E-state index contributed by atoms with van der Waals surface area (Å²) < 4.78 is -0.411. The zero-order valence-electron chi connectivity index (χ0n) is 11.9. The van der Waals surface area contributed by atoms with Gasteiger partial charge in [0.05, 0.1) is 4.75 Å². The first-order chi connectivity index (χ1) is 8.71. The van der Waals surface area contributed by atoms with Gasteiger partial charge in [-0.15, -0.1) is 11.8 Å². The van der Waals surface area contributed by atoms with E-state index in [1.54, 1.807) is 18.0 Å². The molecule has 1 aromatic rings. The van der Waals surface area contributed by atoms with Gasteiger partial charge >= 0.3 is 0 Å². The van der Waals surface area contributed by atoms with Crippen LogP contribution >= 0.6 is 11.8 Å². The average molecular weight is 279 g/mol. The highest BCUT2D eigenvalue weighted by molar-refractivity contribution is 8.02. The summed E-state index contributed by atoms with van der Waals surface area (Å²) in [5.41, 5.74) is 6.73. The third-order valence-electron chi connectivity index (χ3n) is 3.01. The van der Waals surface area contributed by atoms with E-state index in [1.807, 2.05) is 50.9 Å². The van der Waals surface area contributed by atoms with E-state index in [-0.39, 0.29) is 11.3 Å². The molecular weight excluding hydrogens is 258 g/mol. The molecule has 4 nitrogen and oxygen atoms in total. The lowest BCUT2D eigenvalue weighted by Crippen LogP contribution is -2.48. The molecule has 1 saturated heterocycles. The standard InChI is InChI=1S/C14H21N3OS/c1-13(2,15)9-17-11(10-6-5-7-16-8-10)19-14(3,4)12(17)18/h5-8,11H,9,15H2,1-4H3. The van der Waals surface area contributed by atoms with Crippen LogP contribution in [-0.2, 0) is 4.79 Å². The minimum atomic E-state index is -0.411. The maximum atomic E-state index is 12.5. The Hall–Kier alpha value is -1.07. The van der Waals surface area contributed by atoms with Crippen LogP contribution in [0.15, 0.2) is 24.5 Å². The Bertz CT molecular complexity index is 467. The highest BCUT2D eigenvalue weighted by Gasteiger charge is 2.47. The van der Waals surface area contributed by atoms with Crippen LogP contribution in [0, 0.1) is 0 Å². The van der Waals surface area contributed by atoms with Crippen molar-refractivity contribution in [3.05, 3.63) is 30.1 Å². The SMILES string of the molecule is CC(C)(N)CN1C(=O)C(C)(C)SC1c1cccnc1.